The van der Waals surface area contributed by atoms with Gasteiger partial charge in [-0.3, -0.25) is 5.43 Å². The largest absolute Gasteiger partial charge is 0.379 e. The SMILES string of the molecule is Cc1ccc(S(=O)(=O)Oc2ccc(C=NNC(N)=S)cc2)cc1. The second kappa shape index (κ2) is 7.21. The van der Waals surface area contributed by atoms with Crippen LogP contribution in [0.2, 0.25) is 0 Å². The van der Waals surface area contributed by atoms with Crippen molar-refractivity contribution in [3.8, 4) is 5.75 Å². The van der Waals surface area contributed by atoms with Crippen molar-refractivity contribution >= 4 is 33.7 Å². The number of hydrogen-bond acceptors (Lipinski definition) is 5. The third-order valence-electron chi connectivity index (χ3n) is 2.78. The summed E-state index contributed by atoms with van der Waals surface area (Å²) in [6.45, 7) is 1.88. The van der Waals surface area contributed by atoms with Gasteiger partial charge in [-0.2, -0.15) is 13.5 Å². The lowest BCUT2D eigenvalue weighted by Gasteiger charge is -2.07. The van der Waals surface area contributed by atoms with E-state index in [1.54, 1.807) is 24.3 Å². The van der Waals surface area contributed by atoms with Crippen molar-refractivity contribution in [3.63, 3.8) is 0 Å². The van der Waals surface area contributed by atoms with Gasteiger partial charge in [-0.05, 0) is 61.1 Å². The minimum atomic E-state index is -3.85. The van der Waals surface area contributed by atoms with Gasteiger partial charge in [0.2, 0.25) is 0 Å². The highest BCUT2D eigenvalue weighted by molar-refractivity contribution is 7.87. The number of rotatable bonds is 5. The molecule has 0 spiro atoms. The van der Waals surface area contributed by atoms with Crippen LogP contribution < -0.4 is 15.3 Å². The maximum absolute atomic E-state index is 12.2. The number of thiocarbonyl (C=S) groups is 1. The predicted molar refractivity (Wildman–Crippen MR) is 92.9 cm³/mol. The molecule has 2 aromatic carbocycles. The standard InChI is InChI=1S/C15H15N3O3S2/c1-11-2-8-14(9-3-11)23(19,20)21-13-6-4-12(5-7-13)10-17-18-15(16)22/h2-10H,1H3,(H3,16,18,22). The van der Waals surface area contributed by atoms with Gasteiger partial charge in [-0.15, -0.1) is 0 Å². The van der Waals surface area contributed by atoms with E-state index in [1.165, 1.54) is 30.5 Å². The van der Waals surface area contributed by atoms with Crippen LogP contribution in [0.15, 0.2) is 58.5 Å². The third kappa shape index (κ3) is 5.04. The fraction of sp³-hybridized carbons (Fsp3) is 0.0667. The summed E-state index contributed by atoms with van der Waals surface area (Å²) in [5.74, 6) is 0.213. The summed E-state index contributed by atoms with van der Waals surface area (Å²) < 4.78 is 29.4. The number of aryl methyl sites for hydroxylation is 1. The molecule has 0 saturated carbocycles. The van der Waals surface area contributed by atoms with E-state index in [0.29, 0.717) is 0 Å². The Labute approximate surface area is 140 Å². The molecule has 0 aliphatic rings. The number of hydrogen-bond donors (Lipinski definition) is 2. The molecule has 120 valence electrons. The van der Waals surface area contributed by atoms with E-state index in [0.717, 1.165) is 11.1 Å². The minimum Gasteiger partial charge on any atom is -0.379 e. The lowest BCUT2D eigenvalue weighted by atomic mass is 10.2. The van der Waals surface area contributed by atoms with Gasteiger partial charge in [0.25, 0.3) is 0 Å². The van der Waals surface area contributed by atoms with E-state index in [2.05, 4.69) is 22.7 Å². The summed E-state index contributed by atoms with van der Waals surface area (Å²) in [4.78, 5) is 0.106. The Morgan fingerprint density at radius 2 is 1.78 bits per heavy atom. The second-order valence-corrected chi connectivity index (χ2v) is 6.64. The molecule has 0 bridgehead atoms. The van der Waals surface area contributed by atoms with Crippen molar-refractivity contribution < 1.29 is 12.6 Å². The van der Waals surface area contributed by atoms with Crippen molar-refractivity contribution in [3.05, 3.63) is 59.7 Å². The van der Waals surface area contributed by atoms with Gasteiger partial charge >= 0.3 is 10.1 Å². The number of benzene rings is 2. The van der Waals surface area contributed by atoms with E-state index >= 15 is 0 Å². The molecular weight excluding hydrogens is 334 g/mol. The molecule has 0 unspecified atom stereocenters. The monoisotopic (exact) mass is 349 g/mol. The molecule has 0 aromatic heterocycles. The van der Waals surface area contributed by atoms with Crippen LogP contribution in [0.1, 0.15) is 11.1 Å². The molecule has 0 atom stereocenters. The van der Waals surface area contributed by atoms with Gasteiger partial charge in [0, 0.05) is 0 Å². The molecule has 0 fully saturated rings. The quantitative estimate of drug-likeness (QED) is 0.371. The summed E-state index contributed by atoms with van der Waals surface area (Å²) in [5, 5.41) is 3.86. The maximum Gasteiger partial charge on any atom is 0.339 e. The lowest BCUT2D eigenvalue weighted by Crippen LogP contribution is -2.23. The molecule has 3 N–H and O–H groups in total. The normalized spacial score (nSPS) is 11.3. The van der Waals surface area contributed by atoms with Crippen LogP contribution in [-0.2, 0) is 10.1 Å². The van der Waals surface area contributed by atoms with Crippen molar-refractivity contribution in [1.29, 1.82) is 0 Å². The first kappa shape index (κ1) is 16.9. The zero-order valence-corrected chi connectivity index (χ0v) is 13.9. The zero-order valence-electron chi connectivity index (χ0n) is 12.3. The van der Waals surface area contributed by atoms with E-state index in [1.807, 2.05) is 6.92 Å². The van der Waals surface area contributed by atoms with Gasteiger partial charge < -0.3 is 9.92 Å². The van der Waals surface area contributed by atoms with Crippen LogP contribution in [-0.4, -0.2) is 19.7 Å². The molecule has 23 heavy (non-hydrogen) atoms. The average Bonchev–Trinajstić information content (AvgIpc) is 2.49. The Kier molecular flexibility index (Phi) is 5.30. The minimum absolute atomic E-state index is 0.0606. The first-order chi connectivity index (χ1) is 10.9. The highest BCUT2D eigenvalue weighted by atomic mass is 32.2. The summed E-state index contributed by atoms with van der Waals surface area (Å²) in [6, 6.07) is 12.8. The second-order valence-electron chi connectivity index (χ2n) is 4.65. The molecule has 6 nitrogen and oxygen atoms in total. The molecule has 0 radical (unpaired) electrons. The zero-order chi connectivity index (χ0) is 16.9. The van der Waals surface area contributed by atoms with Gasteiger partial charge in [0.1, 0.15) is 10.6 Å². The number of nitrogens with zero attached hydrogens (tertiary/aromatic N) is 1. The first-order valence-corrected chi connectivity index (χ1v) is 8.38. The molecule has 2 rings (SSSR count). The van der Waals surface area contributed by atoms with E-state index < -0.39 is 10.1 Å². The maximum atomic E-state index is 12.2. The smallest absolute Gasteiger partial charge is 0.339 e. The topological polar surface area (TPSA) is 93.8 Å². The Balaban J connectivity index is 2.09. The van der Waals surface area contributed by atoms with Crippen LogP contribution in [0.5, 0.6) is 5.75 Å². The third-order valence-corrected chi connectivity index (χ3v) is 4.14. The van der Waals surface area contributed by atoms with Crippen LogP contribution >= 0.6 is 12.2 Å². The van der Waals surface area contributed by atoms with Crippen molar-refractivity contribution in [2.75, 3.05) is 0 Å². The molecule has 0 amide bonds. The summed E-state index contributed by atoms with van der Waals surface area (Å²) in [7, 11) is -3.85. The molecule has 2 aromatic rings. The molecule has 0 heterocycles. The molecule has 8 heteroatoms. The number of nitrogens with two attached hydrogens (primary N) is 1. The fourth-order valence-electron chi connectivity index (χ4n) is 1.66. The number of hydrazone groups is 1. The Morgan fingerprint density at radius 3 is 2.35 bits per heavy atom. The Bertz CT molecular complexity index is 814. The van der Waals surface area contributed by atoms with Crippen molar-refractivity contribution in [1.82, 2.24) is 5.43 Å². The molecule has 0 saturated heterocycles. The van der Waals surface area contributed by atoms with Crippen LogP contribution in [0.25, 0.3) is 0 Å². The predicted octanol–water partition coefficient (Wildman–Crippen LogP) is 1.93. The van der Waals surface area contributed by atoms with Crippen LogP contribution in [0.4, 0.5) is 0 Å². The Hall–Kier alpha value is -2.45. The van der Waals surface area contributed by atoms with Gasteiger partial charge in [-0.25, -0.2) is 0 Å². The van der Waals surface area contributed by atoms with Gasteiger partial charge in [-0.1, -0.05) is 17.7 Å². The summed E-state index contributed by atoms with van der Waals surface area (Å²) in [6.07, 6.45) is 1.50. The summed E-state index contributed by atoms with van der Waals surface area (Å²) >= 11 is 4.61. The molecular formula is C15H15N3O3S2. The highest BCUT2D eigenvalue weighted by Crippen LogP contribution is 2.19. The molecule has 0 aliphatic carbocycles. The van der Waals surface area contributed by atoms with E-state index in [9.17, 15) is 8.42 Å². The Morgan fingerprint density at radius 1 is 1.17 bits per heavy atom. The highest BCUT2D eigenvalue weighted by Gasteiger charge is 2.16. The summed E-state index contributed by atoms with van der Waals surface area (Å²) in [5.41, 5.74) is 9.36. The van der Waals surface area contributed by atoms with Crippen LogP contribution in [0, 0.1) is 6.92 Å². The van der Waals surface area contributed by atoms with Gasteiger partial charge in [0.15, 0.2) is 5.11 Å². The molecule has 0 aliphatic heterocycles. The van der Waals surface area contributed by atoms with E-state index in [-0.39, 0.29) is 15.8 Å². The van der Waals surface area contributed by atoms with Gasteiger partial charge in [0.05, 0.1) is 6.21 Å². The lowest BCUT2D eigenvalue weighted by molar-refractivity contribution is 0.486. The van der Waals surface area contributed by atoms with Crippen molar-refractivity contribution in [2.45, 2.75) is 11.8 Å². The fourth-order valence-corrected chi connectivity index (χ4v) is 2.64. The van der Waals surface area contributed by atoms with Crippen LogP contribution in [0.3, 0.4) is 0 Å². The number of nitrogens with one attached hydrogen (secondary N) is 1. The van der Waals surface area contributed by atoms with E-state index in [4.69, 9.17) is 9.92 Å². The average molecular weight is 349 g/mol. The van der Waals surface area contributed by atoms with Crippen molar-refractivity contribution in [2.24, 2.45) is 10.8 Å². The first-order valence-electron chi connectivity index (χ1n) is 6.56.